The van der Waals surface area contributed by atoms with Crippen molar-refractivity contribution >= 4 is 0 Å². The molecule has 0 amide bonds. The van der Waals surface area contributed by atoms with Crippen molar-refractivity contribution in [3.8, 4) is 5.75 Å². The number of methoxy groups -OCH3 is 1. The third-order valence-electron chi connectivity index (χ3n) is 3.84. The average molecular weight is 234 g/mol. The number of rotatable bonds is 3. The van der Waals surface area contributed by atoms with Crippen molar-refractivity contribution in [1.82, 2.24) is 10.2 Å². The molecule has 3 nitrogen and oxygen atoms in total. The minimum absolute atomic E-state index is 0.129. The second kappa shape index (κ2) is 5.07. The van der Waals surface area contributed by atoms with E-state index in [1.807, 2.05) is 0 Å². The summed E-state index contributed by atoms with van der Waals surface area (Å²) in [5.41, 5.74) is 1.50. The van der Waals surface area contributed by atoms with Gasteiger partial charge in [-0.15, -0.1) is 0 Å². The molecule has 0 saturated carbocycles. The van der Waals surface area contributed by atoms with Gasteiger partial charge in [0.2, 0.25) is 0 Å². The lowest BCUT2D eigenvalue weighted by Gasteiger charge is -2.43. The first-order valence-electron chi connectivity index (χ1n) is 6.22. The third kappa shape index (κ3) is 2.31. The van der Waals surface area contributed by atoms with Gasteiger partial charge >= 0.3 is 0 Å². The van der Waals surface area contributed by atoms with Crippen LogP contribution in [0, 0.1) is 0 Å². The Morgan fingerprint density at radius 3 is 2.41 bits per heavy atom. The maximum Gasteiger partial charge on any atom is 0.118 e. The standard InChI is InChI=1S/C14H22N2O/c1-16(2)14(9-4-10-15-11-14)12-5-7-13(17-3)8-6-12/h5-8,15H,4,9-11H2,1-3H3. The van der Waals surface area contributed by atoms with E-state index in [0.29, 0.717) is 0 Å². The predicted molar refractivity (Wildman–Crippen MR) is 70.5 cm³/mol. The average Bonchev–Trinajstić information content (AvgIpc) is 2.39. The smallest absolute Gasteiger partial charge is 0.118 e. The monoisotopic (exact) mass is 234 g/mol. The molecule has 1 aromatic carbocycles. The molecule has 0 aromatic heterocycles. The maximum atomic E-state index is 5.22. The Morgan fingerprint density at radius 1 is 1.24 bits per heavy atom. The molecule has 3 heteroatoms. The molecular weight excluding hydrogens is 212 g/mol. The summed E-state index contributed by atoms with van der Waals surface area (Å²) < 4.78 is 5.22. The number of benzene rings is 1. The van der Waals surface area contributed by atoms with Crippen LogP contribution < -0.4 is 10.1 Å². The molecule has 1 aromatic rings. The number of nitrogens with zero attached hydrogens (tertiary/aromatic N) is 1. The zero-order valence-corrected chi connectivity index (χ0v) is 11.0. The van der Waals surface area contributed by atoms with Crippen LogP contribution in [0.3, 0.4) is 0 Å². The summed E-state index contributed by atoms with van der Waals surface area (Å²) in [6.07, 6.45) is 2.43. The lowest BCUT2D eigenvalue weighted by atomic mass is 9.82. The normalized spacial score (nSPS) is 24.9. The molecule has 1 saturated heterocycles. The summed E-state index contributed by atoms with van der Waals surface area (Å²) in [7, 11) is 6.04. The molecule has 94 valence electrons. The van der Waals surface area contributed by atoms with Crippen LogP contribution >= 0.6 is 0 Å². The summed E-state index contributed by atoms with van der Waals surface area (Å²) in [5.74, 6) is 0.923. The van der Waals surface area contributed by atoms with Crippen LogP contribution in [0.1, 0.15) is 18.4 Å². The first-order chi connectivity index (χ1) is 8.19. The fraction of sp³-hybridized carbons (Fsp3) is 0.571. The summed E-state index contributed by atoms with van der Waals surface area (Å²) >= 11 is 0. The van der Waals surface area contributed by atoms with Crippen molar-refractivity contribution in [2.24, 2.45) is 0 Å². The summed E-state index contributed by atoms with van der Waals surface area (Å²) in [4.78, 5) is 2.33. The molecule has 17 heavy (non-hydrogen) atoms. The van der Waals surface area contributed by atoms with Gasteiger partial charge in [-0.2, -0.15) is 0 Å². The first kappa shape index (κ1) is 12.4. The van der Waals surface area contributed by atoms with Crippen LogP contribution in [0.25, 0.3) is 0 Å². The van der Waals surface area contributed by atoms with Gasteiger partial charge in [-0.25, -0.2) is 0 Å². The fourth-order valence-corrected chi connectivity index (χ4v) is 2.68. The van der Waals surface area contributed by atoms with Gasteiger partial charge in [0.25, 0.3) is 0 Å². The van der Waals surface area contributed by atoms with E-state index in [9.17, 15) is 0 Å². The highest BCUT2D eigenvalue weighted by atomic mass is 16.5. The van der Waals surface area contributed by atoms with Crippen LogP contribution in [0.15, 0.2) is 24.3 Å². The van der Waals surface area contributed by atoms with Gasteiger partial charge in [0.05, 0.1) is 12.6 Å². The van der Waals surface area contributed by atoms with Gasteiger partial charge in [-0.05, 0) is 51.2 Å². The van der Waals surface area contributed by atoms with Crippen LogP contribution in [0.4, 0.5) is 0 Å². The highest BCUT2D eigenvalue weighted by molar-refractivity contribution is 5.32. The lowest BCUT2D eigenvalue weighted by Crippen LogP contribution is -2.52. The van der Waals surface area contributed by atoms with Gasteiger partial charge in [-0.3, -0.25) is 4.90 Å². The molecule has 0 radical (unpaired) electrons. The van der Waals surface area contributed by atoms with Crippen LogP contribution in [0.2, 0.25) is 0 Å². The minimum Gasteiger partial charge on any atom is -0.497 e. The Hall–Kier alpha value is -1.06. The molecule has 2 rings (SSSR count). The van der Waals surface area contributed by atoms with E-state index in [2.05, 4.69) is 48.6 Å². The van der Waals surface area contributed by atoms with Gasteiger partial charge < -0.3 is 10.1 Å². The summed E-state index contributed by atoms with van der Waals surface area (Å²) in [6.45, 7) is 2.15. The zero-order chi connectivity index (χ0) is 12.3. The Morgan fingerprint density at radius 2 is 1.94 bits per heavy atom. The summed E-state index contributed by atoms with van der Waals surface area (Å²) in [6, 6.07) is 8.47. The topological polar surface area (TPSA) is 24.5 Å². The molecule has 1 aliphatic heterocycles. The highest BCUT2D eigenvalue weighted by Gasteiger charge is 2.35. The van der Waals surface area contributed by atoms with Crippen LogP contribution in [0.5, 0.6) is 5.75 Å². The Kier molecular flexibility index (Phi) is 3.69. The second-order valence-corrected chi connectivity index (χ2v) is 4.93. The maximum absolute atomic E-state index is 5.22. The zero-order valence-electron chi connectivity index (χ0n) is 11.0. The molecule has 0 spiro atoms. The first-order valence-corrected chi connectivity index (χ1v) is 6.22. The predicted octanol–water partition coefficient (Wildman–Crippen LogP) is 1.84. The molecule has 1 unspecified atom stereocenters. The minimum atomic E-state index is 0.129. The van der Waals surface area contributed by atoms with Crippen molar-refractivity contribution in [3.63, 3.8) is 0 Å². The molecule has 1 fully saturated rings. The van der Waals surface area contributed by atoms with Crippen molar-refractivity contribution in [2.75, 3.05) is 34.3 Å². The van der Waals surface area contributed by atoms with Gasteiger partial charge in [0.1, 0.15) is 5.75 Å². The second-order valence-electron chi connectivity index (χ2n) is 4.93. The van der Waals surface area contributed by atoms with Gasteiger partial charge in [-0.1, -0.05) is 12.1 Å². The lowest BCUT2D eigenvalue weighted by molar-refractivity contribution is 0.113. The molecule has 1 heterocycles. The number of likely N-dealkylation sites (N-methyl/N-ethyl adjacent to an activating group) is 1. The van der Waals surface area contributed by atoms with E-state index in [0.717, 1.165) is 18.8 Å². The summed E-state index contributed by atoms with van der Waals surface area (Å²) in [5, 5.41) is 3.51. The number of nitrogens with one attached hydrogen (secondary N) is 1. The Bertz CT molecular complexity index is 353. The molecule has 1 atom stereocenters. The molecular formula is C14H22N2O. The molecule has 1 N–H and O–H groups in total. The van der Waals surface area contributed by atoms with E-state index in [-0.39, 0.29) is 5.54 Å². The van der Waals surface area contributed by atoms with E-state index in [4.69, 9.17) is 4.74 Å². The van der Waals surface area contributed by atoms with Gasteiger partial charge in [0.15, 0.2) is 0 Å². The Labute approximate surface area is 104 Å². The molecule has 0 aliphatic carbocycles. The number of hydrogen-bond acceptors (Lipinski definition) is 3. The third-order valence-corrected chi connectivity index (χ3v) is 3.84. The van der Waals surface area contributed by atoms with E-state index < -0.39 is 0 Å². The van der Waals surface area contributed by atoms with Crippen LogP contribution in [-0.4, -0.2) is 39.2 Å². The van der Waals surface area contributed by atoms with Crippen LogP contribution in [-0.2, 0) is 5.54 Å². The van der Waals surface area contributed by atoms with Gasteiger partial charge in [0, 0.05) is 6.54 Å². The van der Waals surface area contributed by atoms with Crippen molar-refractivity contribution in [2.45, 2.75) is 18.4 Å². The van der Waals surface area contributed by atoms with Crippen molar-refractivity contribution in [1.29, 1.82) is 0 Å². The Balaban J connectivity index is 2.31. The molecule has 1 aliphatic rings. The fourth-order valence-electron chi connectivity index (χ4n) is 2.68. The SMILES string of the molecule is COc1ccc(C2(N(C)C)CCCNC2)cc1. The quantitative estimate of drug-likeness (QED) is 0.863. The van der Waals surface area contributed by atoms with Crippen molar-refractivity contribution in [3.05, 3.63) is 29.8 Å². The number of piperidine rings is 1. The highest BCUT2D eigenvalue weighted by Crippen LogP contribution is 2.33. The van der Waals surface area contributed by atoms with E-state index in [1.165, 1.54) is 18.4 Å². The van der Waals surface area contributed by atoms with Crippen molar-refractivity contribution < 1.29 is 4.74 Å². The number of hydrogen-bond donors (Lipinski definition) is 1. The van der Waals surface area contributed by atoms with E-state index >= 15 is 0 Å². The number of ether oxygens (including phenoxy) is 1. The largest absolute Gasteiger partial charge is 0.497 e. The molecule has 0 bridgehead atoms. The van der Waals surface area contributed by atoms with E-state index in [1.54, 1.807) is 7.11 Å².